The SMILES string of the molecule is Cc1ccc(-c2nnc(NC(=O)CN(c3c(C)cc(C)cc3C)S(C)(=O)=O)s2)cc1. The van der Waals surface area contributed by atoms with E-state index in [4.69, 9.17) is 0 Å². The summed E-state index contributed by atoms with van der Waals surface area (Å²) in [7, 11) is -3.67. The zero-order chi connectivity index (χ0) is 22.1. The van der Waals surface area contributed by atoms with E-state index in [2.05, 4.69) is 15.5 Å². The number of nitrogens with one attached hydrogen (secondary N) is 1. The number of aromatic nitrogens is 2. The minimum atomic E-state index is -3.67. The number of sulfonamides is 1. The Hall–Kier alpha value is -2.78. The average Bonchev–Trinajstić information content (AvgIpc) is 3.08. The smallest absolute Gasteiger partial charge is 0.246 e. The number of nitrogens with zero attached hydrogens (tertiary/aromatic N) is 3. The van der Waals surface area contributed by atoms with Gasteiger partial charge in [-0.3, -0.25) is 14.4 Å². The molecule has 0 saturated carbocycles. The van der Waals surface area contributed by atoms with Crippen LogP contribution in [-0.2, 0) is 14.8 Å². The van der Waals surface area contributed by atoms with E-state index in [-0.39, 0.29) is 6.54 Å². The van der Waals surface area contributed by atoms with Gasteiger partial charge in [0.1, 0.15) is 11.6 Å². The average molecular weight is 445 g/mol. The van der Waals surface area contributed by atoms with Crippen LogP contribution in [0, 0.1) is 27.7 Å². The van der Waals surface area contributed by atoms with Gasteiger partial charge in [0.05, 0.1) is 11.9 Å². The van der Waals surface area contributed by atoms with Crippen LogP contribution in [-0.4, -0.2) is 37.3 Å². The lowest BCUT2D eigenvalue weighted by molar-refractivity contribution is -0.114. The van der Waals surface area contributed by atoms with Crippen molar-refractivity contribution in [1.82, 2.24) is 10.2 Å². The zero-order valence-electron chi connectivity index (χ0n) is 17.6. The molecule has 158 valence electrons. The predicted molar refractivity (Wildman–Crippen MR) is 122 cm³/mol. The van der Waals surface area contributed by atoms with Crippen molar-refractivity contribution in [3.05, 3.63) is 58.7 Å². The predicted octanol–water partition coefficient (Wildman–Crippen LogP) is 3.84. The standard InChI is InChI=1S/C21H24N4O3S2/c1-13-6-8-17(9-7-13)20-23-24-21(29-20)22-18(26)12-25(30(5,27)28)19-15(3)10-14(2)11-16(19)4/h6-11H,12H2,1-5H3,(H,22,24,26). The van der Waals surface area contributed by atoms with Crippen molar-refractivity contribution in [3.63, 3.8) is 0 Å². The Morgan fingerprint density at radius 3 is 2.17 bits per heavy atom. The van der Waals surface area contributed by atoms with Gasteiger partial charge >= 0.3 is 0 Å². The first-order valence-electron chi connectivity index (χ1n) is 9.30. The number of anilines is 2. The molecule has 3 aromatic rings. The Morgan fingerprint density at radius 1 is 1.00 bits per heavy atom. The highest BCUT2D eigenvalue weighted by Crippen LogP contribution is 2.29. The Bertz CT molecular complexity index is 1160. The molecule has 0 fully saturated rings. The molecular formula is C21H24N4O3S2. The van der Waals surface area contributed by atoms with Crippen molar-refractivity contribution in [2.45, 2.75) is 27.7 Å². The topological polar surface area (TPSA) is 92.3 Å². The summed E-state index contributed by atoms with van der Waals surface area (Å²) in [6.45, 7) is 7.28. The maximum Gasteiger partial charge on any atom is 0.246 e. The first-order valence-corrected chi connectivity index (χ1v) is 12.0. The third-order valence-corrected chi connectivity index (χ3v) is 6.54. The van der Waals surface area contributed by atoms with E-state index < -0.39 is 15.9 Å². The van der Waals surface area contributed by atoms with Crippen LogP contribution in [0.15, 0.2) is 36.4 Å². The zero-order valence-corrected chi connectivity index (χ0v) is 19.2. The van der Waals surface area contributed by atoms with E-state index >= 15 is 0 Å². The molecule has 3 rings (SSSR count). The van der Waals surface area contributed by atoms with Crippen LogP contribution in [0.2, 0.25) is 0 Å². The number of rotatable bonds is 6. The molecule has 0 unspecified atom stereocenters. The number of hydrogen-bond donors (Lipinski definition) is 1. The van der Waals surface area contributed by atoms with Gasteiger partial charge in [-0.1, -0.05) is 58.9 Å². The minimum absolute atomic E-state index is 0.321. The Balaban J connectivity index is 1.81. The van der Waals surface area contributed by atoms with Gasteiger partial charge in [0.2, 0.25) is 21.1 Å². The van der Waals surface area contributed by atoms with Gasteiger partial charge in [-0.15, -0.1) is 10.2 Å². The maximum atomic E-state index is 12.6. The van der Waals surface area contributed by atoms with Crippen molar-refractivity contribution in [3.8, 4) is 10.6 Å². The van der Waals surface area contributed by atoms with Crippen LogP contribution in [0.1, 0.15) is 22.3 Å². The minimum Gasteiger partial charge on any atom is -0.299 e. The van der Waals surface area contributed by atoms with Crippen molar-refractivity contribution in [1.29, 1.82) is 0 Å². The molecule has 2 aromatic carbocycles. The lowest BCUT2D eigenvalue weighted by Gasteiger charge is -2.25. The molecule has 1 heterocycles. The van der Waals surface area contributed by atoms with Crippen molar-refractivity contribution in [2.24, 2.45) is 0 Å². The monoisotopic (exact) mass is 444 g/mol. The van der Waals surface area contributed by atoms with Gasteiger partial charge in [-0.2, -0.15) is 0 Å². The highest BCUT2D eigenvalue weighted by atomic mass is 32.2. The van der Waals surface area contributed by atoms with Gasteiger partial charge in [0, 0.05) is 5.56 Å². The van der Waals surface area contributed by atoms with Gasteiger partial charge in [0.25, 0.3) is 0 Å². The van der Waals surface area contributed by atoms with E-state index in [0.29, 0.717) is 15.8 Å². The van der Waals surface area contributed by atoms with E-state index in [1.54, 1.807) is 0 Å². The van der Waals surface area contributed by atoms with Crippen LogP contribution in [0.4, 0.5) is 10.8 Å². The molecule has 1 amide bonds. The summed E-state index contributed by atoms with van der Waals surface area (Å²) in [6, 6.07) is 11.6. The fourth-order valence-electron chi connectivity index (χ4n) is 3.30. The summed E-state index contributed by atoms with van der Waals surface area (Å²) in [4.78, 5) is 12.6. The van der Waals surface area contributed by atoms with Gasteiger partial charge in [-0.05, 0) is 38.8 Å². The molecule has 0 aliphatic carbocycles. The number of carbonyl (C=O) groups is 1. The fourth-order valence-corrected chi connectivity index (χ4v) is 5.04. The number of hydrogen-bond acceptors (Lipinski definition) is 6. The Morgan fingerprint density at radius 2 is 1.60 bits per heavy atom. The van der Waals surface area contributed by atoms with Crippen LogP contribution < -0.4 is 9.62 Å². The summed E-state index contributed by atoms with van der Waals surface area (Å²) in [5, 5.41) is 11.8. The molecule has 0 saturated heterocycles. The third kappa shape index (κ3) is 5.03. The largest absolute Gasteiger partial charge is 0.299 e. The lowest BCUT2D eigenvalue weighted by atomic mass is 10.1. The molecule has 0 radical (unpaired) electrons. The third-order valence-electron chi connectivity index (χ3n) is 4.54. The van der Waals surface area contributed by atoms with E-state index in [1.807, 2.05) is 64.1 Å². The van der Waals surface area contributed by atoms with E-state index in [1.165, 1.54) is 11.3 Å². The highest BCUT2D eigenvalue weighted by Gasteiger charge is 2.24. The normalized spacial score (nSPS) is 11.4. The van der Waals surface area contributed by atoms with Gasteiger partial charge in [-0.25, -0.2) is 8.42 Å². The first-order chi connectivity index (χ1) is 14.0. The molecular weight excluding hydrogens is 420 g/mol. The molecule has 0 aliphatic rings. The fraction of sp³-hybridized carbons (Fsp3) is 0.286. The van der Waals surface area contributed by atoms with Crippen LogP contribution >= 0.6 is 11.3 Å². The summed E-state index contributed by atoms with van der Waals surface area (Å²) >= 11 is 1.24. The number of carbonyl (C=O) groups excluding carboxylic acids is 1. The summed E-state index contributed by atoms with van der Waals surface area (Å²) < 4.78 is 26.0. The molecule has 0 spiro atoms. The molecule has 0 bridgehead atoms. The van der Waals surface area contributed by atoms with Gasteiger partial charge < -0.3 is 0 Å². The molecule has 0 atom stereocenters. The quantitative estimate of drug-likeness (QED) is 0.624. The molecule has 30 heavy (non-hydrogen) atoms. The van der Waals surface area contributed by atoms with Crippen LogP contribution in [0.5, 0.6) is 0 Å². The summed E-state index contributed by atoms with van der Waals surface area (Å²) in [5.41, 5.74) is 5.19. The summed E-state index contributed by atoms with van der Waals surface area (Å²) in [6.07, 6.45) is 1.10. The van der Waals surface area contributed by atoms with Crippen molar-refractivity contribution in [2.75, 3.05) is 22.4 Å². The summed E-state index contributed by atoms with van der Waals surface area (Å²) in [5.74, 6) is -0.480. The maximum absolute atomic E-state index is 12.6. The molecule has 1 aromatic heterocycles. The van der Waals surface area contributed by atoms with Crippen molar-refractivity contribution < 1.29 is 13.2 Å². The number of amides is 1. The second kappa shape index (κ2) is 8.53. The Kier molecular flexibility index (Phi) is 6.23. The first kappa shape index (κ1) is 21.9. The van der Waals surface area contributed by atoms with Crippen LogP contribution in [0.3, 0.4) is 0 Å². The molecule has 9 heteroatoms. The lowest BCUT2D eigenvalue weighted by Crippen LogP contribution is -2.38. The Labute approximate surface area is 180 Å². The number of aryl methyl sites for hydroxylation is 4. The molecule has 7 nitrogen and oxygen atoms in total. The van der Waals surface area contributed by atoms with Crippen LogP contribution in [0.25, 0.3) is 10.6 Å². The second-order valence-electron chi connectivity index (χ2n) is 7.34. The molecule has 0 aliphatic heterocycles. The van der Waals surface area contributed by atoms with Crippen molar-refractivity contribution >= 4 is 38.1 Å². The highest BCUT2D eigenvalue weighted by molar-refractivity contribution is 7.92. The second-order valence-corrected chi connectivity index (χ2v) is 10.2. The van der Waals surface area contributed by atoms with Gasteiger partial charge in [0.15, 0.2) is 0 Å². The van der Waals surface area contributed by atoms with E-state index in [9.17, 15) is 13.2 Å². The number of benzene rings is 2. The van der Waals surface area contributed by atoms with E-state index in [0.717, 1.165) is 38.4 Å². The molecule has 1 N–H and O–H groups in total.